The van der Waals surface area contributed by atoms with Gasteiger partial charge < -0.3 is 14.6 Å². The van der Waals surface area contributed by atoms with Crippen molar-refractivity contribution in [2.24, 2.45) is 45.3 Å². The Morgan fingerprint density at radius 1 is 1.00 bits per heavy atom. The third-order valence-corrected chi connectivity index (χ3v) is 14.0. The number of fused-ring (bicyclic) bond motifs is 5. The van der Waals surface area contributed by atoms with Crippen molar-refractivity contribution in [1.82, 2.24) is 0 Å². The van der Waals surface area contributed by atoms with Gasteiger partial charge >= 0.3 is 12.1 Å². The highest BCUT2D eigenvalue weighted by atomic mass is 19.4. The molecule has 4 aliphatic carbocycles. The molecule has 0 bridgehead atoms. The molecule has 4 aliphatic rings. The number of halogens is 3. The zero-order valence-electron chi connectivity index (χ0n) is 30.2. The number of esters is 1. The minimum atomic E-state index is -5.11. The fraction of sp³-hybridized carbons (Fsp3) is 0.700. The molecular formula is C40H55F3O5. The van der Waals surface area contributed by atoms with Crippen LogP contribution in [0.2, 0.25) is 0 Å². The molecule has 3 saturated carbocycles. The number of benzene rings is 1. The highest BCUT2D eigenvalue weighted by molar-refractivity contribution is 5.85. The fourth-order valence-electron chi connectivity index (χ4n) is 10.8. The fourth-order valence-corrected chi connectivity index (χ4v) is 10.8. The van der Waals surface area contributed by atoms with Crippen molar-refractivity contribution >= 4 is 11.8 Å². The Kier molecular flexibility index (Phi) is 9.29. The summed E-state index contributed by atoms with van der Waals surface area (Å²) in [5.74, 6) is -0.160. The Balaban J connectivity index is 1.40. The van der Waals surface area contributed by atoms with Crippen LogP contribution in [0.25, 0.3) is 0 Å². The zero-order chi connectivity index (χ0) is 35.7. The van der Waals surface area contributed by atoms with E-state index in [9.17, 15) is 27.9 Å². The quantitative estimate of drug-likeness (QED) is 0.220. The predicted molar refractivity (Wildman–Crippen MR) is 180 cm³/mol. The molecule has 0 saturated heterocycles. The normalized spacial score (nSPS) is 35.9. The standard InChI is InChI=1S/C40H55F3O5/c1-25(15-18-32(35(4,5)46)48-33(45)39(47-9,40(41,42)43)26-13-11-10-12-14-26)27-19-23-38(8)29-16-17-30-34(2,3)31(44)21-22-36(30,6)28(29)20-24-37(27,38)7/h10-16,18,25,27-28,30,32,46H,17,19-24H2,1-9H3/b18-15+/t25-,27-,28-,30-,32-,36+,37-,38+,39-/m0/s1. The number of alkyl halides is 3. The summed E-state index contributed by atoms with van der Waals surface area (Å²) in [5, 5.41) is 11.0. The molecular weight excluding hydrogens is 617 g/mol. The van der Waals surface area contributed by atoms with Crippen LogP contribution in [-0.4, -0.2) is 41.9 Å². The lowest BCUT2D eigenvalue weighted by Gasteiger charge is -2.63. The number of methoxy groups -OCH3 is 1. The topological polar surface area (TPSA) is 72.8 Å². The van der Waals surface area contributed by atoms with E-state index >= 15 is 0 Å². The third kappa shape index (κ3) is 5.43. The van der Waals surface area contributed by atoms with Crippen LogP contribution in [0.5, 0.6) is 0 Å². The molecule has 0 aliphatic heterocycles. The van der Waals surface area contributed by atoms with Gasteiger partial charge in [0.25, 0.3) is 5.60 Å². The third-order valence-electron chi connectivity index (χ3n) is 14.0. The van der Waals surface area contributed by atoms with Gasteiger partial charge in [-0.2, -0.15) is 13.2 Å². The number of Topliss-reactive ketones (excluding diaryl/α,β-unsaturated/α-hetero) is 1. The van der Waals surface area contributed by atoms with E-state index in [-0.39, 0.29) is 33.5 Å². The highest BCUT2D eigenvalue weighted by Gasteiger charge is 2.66. The largest absolute Gasteiger partial charge is 0.452 e. The first-order chi connectivity index (χ1) is 22.1. The summed E-state index contributed by atoms with van der Waals surface area (Å²) >= 11 is 0. The number of carbonyl (C=O) groups excluding carboxylic acids is 2. The molecule has 1 aromatic carbocycles. The van der Waals surface area contributed by atoms with Crippen molar-refractivity contribution in [3.8, 4) is 0 Å². The number of carbonyl (C=O) groups is 2. The maximum atomic E-state index is 14.6. The molecule has 0 aromatic heterocycles. The Hall–Kier alpha value is -2.45. The Bertz CT molecular complexity index is 1460. The smallest absolute Gasteiger partial charge is 0.432 e. The van der Waals surface area contributed by atoms with Crippen molar-refractivity contribution < 1.29 is 37.3 Å². The van der Waals surface area contributed by atoms with Crippen molar-refractivity contribution in [3.63, 3.8) is 0 Å². The van der Waals surface area contributed by atoms with Crippen LogP contribution in [0.15, 0.2) is 54.1 Å². The summed E-state index contributed by atoms with van der Waals surface area (Å²) in [6.45, 7) is 16.5. The molecule has 0 amide bonds. The van der Waals surface area contributed by atoms with Crippen molar-refractivity contribution in [3.05, 3.63) is 59.7 Å². The summed E-state index contributed by atoms with van der Waals surface area (Å²) in [6, 6.07) is 6.72. The van der Waals surface area contributed by atoms with Gasteiger partial charge in [0.1, 0.15) is 11.9 Å². The second kappa shape index (κ2) is 12.1. The SMILES string of the molecule is CO[C@](C(=O)O[C@@H](/C=C/[C@H](C)[C@@H]1CC[C@]2(C)C3=CC[C@H]4C(C)(C)C(=O)CC[C@]4(C)[C@H]3CC[C@@]12C)C(C)(C)O)(c1ccccc1)C(F)(F)F. The molecule has 0 spiro atoms. The first-order valence-electron chi connectivity index (χ1n) is 17.6. The minimum absolute atomic E-state index is 0.00909. The predicted octanol–water partition coefficient (Wildman–Crippen LogP) is 9.14. The first kappa shape index (κ1) is 36.8. The van der Waals surface area contributed by atoms with Crippen LogP contribution in [-0.2, 0) is 24.7 Å². The Morgan fingerprint density at radius 3 is 2.23 bits per heavy atom. The molecule has 3 fully saturated rings. The van der Waals surface area contributed by atoms with Gasteiger partial charge in [-0.05, 0) is 98.4 Å². The monoisotopic (exact) mass is 672 g/mol. The Morgan fingerprint density at radius 2 is 1.65 bits per heavy atom. The summed E-state index contributed by atoms with van der Waals surface area (Å²) in [6.07, 6.45) is 6.16. The lowest BCUT2D eigenvalue weighted by Crippen LogP contribution is -2.57. The number of allylic oxidation sites excluding steroid dienone is 3. The molecule has 1 aromatic rings. The number of hydrogen-bond acceptors (Lipinski definition) is 5. The van der Waals surface area contributed by atoms with Crippen molar-refractivity contribution in [2.45, 2.75) is 124 Å². The van der Waals surface area contributed by atoms with E-state index in [4.69, 9.17) is 9.47 Å². The Labute approximate surface area is 284 Å². The summed E-state index contributed by atoms with van der Waals surface area (Å²) < 4.78 is 54.2. The maximum absolute atomic E-state index is 14.6. The number of rotatable bonds is 8. The van der Waals surface area contributed by atoms with Gasteiger partial charge in [0.15, 0.2) is 0 Å². The number of ether oxygens (including phenoxy) is 2. The van der Waals surface area contributed by atoms with E-state index in [2.05, 4.69) is 47.6 Å². The van der Waals surface area contributed by atoms with Gasteiger partial charge in [0, 0.05) is 24.5 Å². The molecule has 0 heterocycles. The van der Waals surface area contributed by atoms with Gasteiger partial charge in [-0.15, -0.1) is 0 Å². The van der Waals surface area contributed by atoms with Crippen molar-refractivity contribution in [1.29, 1.82) is 0 Å². The van der Waals surface area contributed by atoms with Gasteiger partial charge in [0.05, 0.1) is 5.60 Å². The number of aliphatic hydroxyl groups is 1. The van der Waals surface area contributed by atoms with Crippen LogP contribution in [0, 0.1) is 45.3 Å². The second-order valence-corrected chi connectivity index (χ2v) is 17.1. The van der Waals surface area contributed by atoms with E-state index in [1.54, 1.807) is 17.7 Å². The summed E-state index contributed by atoms with van der Waals surface area (Å²) in [4.78, 5) is 26.4. The molecule has 0 radical (unpaired) electrons. The summed E-state index contributed by atoms with van der Waals surface area (Å²) in [5.41, 5.74) is -4.10. The zero-order valence-corrected chi connectivity index (χ0v) is 30.2. The highest BCUT2D eigenvalue weighted by Crippen LogP contribution is 2.73. The van der Waals surface area contributed by atoms with Crippen LogP contribution in [0.1, 0.15) is 106 Å². The van der Waals surface area contributed by atoms with Crippen molar-refractivity contribution in [2.75, 3.05) is 7.11 Å². The van der Waals surface area contributed by atoms with Crippen LogP contribution in [0.4, 0.5) is 13.2 Å². The van der Waals surface area contributed by atoms with Gasteiger partial charge in [-0.3, -0.25) is 4.79 Å². The number of ketones is 1. The van der Waals surface area contributed by atoms with Gasteiger partial charge in [-0.25, -0.2) is 4.79 Å². The maximum Gasteiger partial charge on any atom is 0.432 e. The minimum Gasteiger partial charge on any atom is -0.452 e. The average molecular weight is 673 g/mol. The lowest BCUT2D eigenvalue weighted by molar-refractivity contribution is -0.279. The van der Waals surface area contributed by atoms with Gasteiger partial charge in [-0.1, -0.05) is 89.6 Å². The van der Waals surface area contributed by atoms with E-state index in [1.165, 1.54) is 38.1 Å². The molecule has 5 rings (SSSR count). The van der Waals surface area contributed by atoms with Crippen LogP contribution in [0.3, 0.4) is 0 Å². The molecule has 8 heteroatoms. The van der Waals surface area contributed by atoms with E-state index < -0.39 is 35.0 Å². The first-order valence-corrected chi connectivity index (χ1v) is 17.6. The van der Waals surface area contributed by atoms with Gasteiger partial charge in [0.2, 0.25) is 0 Å². The van der Waals surface area contributed by atoms with Crippen LogP contribution < -0.4 is 0 Å². The van der Waals surface area contributed by atoms with E-state index in [0.717, 1.165) is 45.6 Å². The average Bonchev–Trinajstić information content (AvgIpc) is 3.28. The molecule has 1 N–H and O–H groups in total. The molecule has 266 valence electrons. The lowest BCUT2D eigenvalue weighted by atomic mass is 9.41. The number of hydrogen-bond donors (Lipinski definition) is 1. The molecule has 0 unspecified atom stereocenters. The van der Waals surface area contributed by atoms with Crippen LogP contribution >= 0.6 is 0 Å². The summed E-state index contributed by atoms with van der Waals surface area (Å²) in [7, 11) is 0.836. The van der Waals surface area contributed by atoms with E-state index in [0.29, 0.717) is 24.0 Å². The molecule has 48 heavy (non-hydrogen) atoms. The molecule has 9 atom stereocenters. The van der Waals surface area contributed by atoms with E-state index in [1.807, 2.05) is 6.08 Å². The second-order valence-electron chi connectivity index (χ2n) is 17.1. The molecule has 5 nitrogen and oxygen atoms in total.